The summed E-state index contributed by atoms with van der Waals surface area (Å²) in [5, 5.41) is 0. The first-order valence-corrected chi connectivity index (χ1v) is 6.55. The maximum atomic E-state index is 12.0. The molecule has 0 spiro atoms. The summed E-state index contributed by atoms with van der Waals surface area (Å²) in [7, 11) is 0. The van der Waals surface area contributed by atoms with Crippen LogP contribution in [0.3, 0.4) is 0 Å². The number of ether oxygens (including phenoxy) is 2. The summed E-state index contributed by atoms with van der Waals surface area (Å²) in [6.45, 7) is 9.93. The van der Waals surface area contributed by atoms with Crippen LogP contribution < -0.4 is 0 Å². The highest BCUT2D eigenvalue weighted by atomic mass is 16.6. The van der Waals surface area contributed by atoms with Gasteiger partial charge in [0.1, 0.15) is 5.78 Å². The van der Waals surface area contributed by atoms with Crippen LogP contribution in [0.1, 0.15) is 48.0 Å². The van der Waals surface area contributed by atoms with Crippen LogP contribution >= 0.6 is 0 Å². The fraction of sp³-hybridized carbons (Fsp3) is 0.786. The molecular weight excluding hydrogens is 248 g/mol. The topological polar surface area (TPSA) is 69.7 Å². The van der Waals surface area contributed by atoms with Crippen molar-refractivity contribution in [2.75, 3.05) is 0 Å². The number of hydrogen-bond donors (Lipinski definition) is 0. The zero-order valence-corrected chi connectivity index (χ0v) is 12.6. The van der Waals surface area contributed by atoms with Gasteiger partial charge >= 0.3 is 11.9 Å². The first kappa shape index (κ1) is 17.6. The average molecular weight is 272 g/mol. The van der Waals surface area contributed by atoms with E-state index in [2.05, 4.69) is 0 Å². The lowest BCUT2D eigenvalue weighted by Gasteiger charge is -2.22. The summed E-state index contributed by atoms with van der Waals surface area (Å²) in [6.07, 6.45) is -0.483. The monoisotopic (exact) mass is 272 g/mol. The molecular formula is C14H24O5. The van der Waals surface area contributed by atoms with Crippen LogP contribution in [0.4, 0.5) is 0 Å². The zero-order valence-electron chi connectivity index (χ0n) is 12.6. The molecule has 0 N–H and O–H groups in total. The Bertz CT molecular complexity index is 311. The molecule has 0 aromatic heterocycles. The largest absolute Gasteiger partial charge is 0.462 e. The molecule has 0 aliphatic heterocycles. The predicted octanol–water partition coefficient (Wildman–Crippen LogP) is 2.12. The predicted molar refractivity (Wildman–Crippen MR) is 70.4 cm³/mol. The lowest BCUT2D eigenvalue weighted by atomic mass is 9.90. The fourth-order valence-electron chi connectivity index (χ4n) is 1.74. The summed E-state index contributed by atoms with van der Waals surface area (Å²) in [6, 6.07) is 0. The third-order valence-electron chi connectivity index (χ3n) is 2.39. The molecule has 0 rings (SSSR count). The number of Topliss-reactive ketones (excluding diaryl/α,β-unsaturated/α-hetero) is 1. The van der Waals surface area contributed by atoms with E-state index in [9.17, 15) is 14.4 Å². The highest BCUT2D eigenvalue weighted by Gasteiger charge is 2.36. The average Bonchev–Trinajstić information content (AvgIpc) is 2.12. The van der Waals surface area contributed by atoms with Crippen molar-refractivity contribution in [2.24, 2.45) is 11.8 Å². The Hall–Kier alpha value is -1.39. The molecule has 0 aliphatic rings. The molecule has 0 aromatic rings. The second-order valence-electron chi connectivity index (χ2n) is 5.33. The van der Waals surface area contributed by atoms with Gasteiger partial charge in [-0.15, -0.1) is 0 Å². The van der Waals surface area contributed by atoms with Crippen molar-refractivity contribution in [1.82, 2.24) is 0 Å². The van der Waals surface area contributed by atoms with Gasteiger partial charge in [-0.3, -0.25) is 9.59 Å². The summed E-state index contributed by atoms with van der Waals surface area (Å²) < 4.78 is 10.1. The summed E-state index contributed by atoms with van der Waals surface area (Å²) in [4.78, 5) is 35.1. The van der Waals surface area contributed by atoms with Gasteiger partial charge in [0.15, 0.2) is 5.92 Å². The van der Waals surface area contributed by atoms with Gasteiger partial charge < -0.3 is 14.3 Å². The Labute approximate surface area is 114 Å². The molecule has 0 aromatic carbocycles. The van der Waals surface area contributed by atoms with E-state index in [1.165, 1.54) is 6.92 Å². The molecule has 0 saturated carbocycles. The van der Waals surface area contributed by atoms with Crippen LogP contribution in [-0.2, 0) is 23.9 Å². The molecule has 19 heavy (non-hydrogen) atoms. The highest BCUT2D eigenvalue weighted by Crippen LogP contribution is 2.21. The first-order valence-electron chi connectivity index (χ1n) is 6.55. The van der Waals surface area contributed by atoms with Crippen LogP contribution in [0.5, 0.6) is 0 Å². The van der Waals surface area contributed by atoms with E-state index in [-0.39, 0.29) is 24.4 Å². The van der Waals surface area contributed by atoms with Crippen molar-refractivity contribution >= 4 is 17.7 Å². The number of esters is 2. The van der Waals surface area contributed by atoms with Crippen molar-refractivity contribution in [2.45, 2.75) is 60.2 Å². The Kier molecular flexibility index (Phi) is 7.34. The van der Waals surface area contributed by atoms with Gasteiger partial charge in [-0.1, -0.05) is 6.92 Å². The molecule has 0 bridgehead atoms. The molecule has 0 fully saturated rings. The van der Waals surface area contributed by atoms with Crippen molar-refractivity contribution in [3.8, 4) is 0 Å². The Morgan fingerprint density at radius 1 is 0.842 bits per heavy atom. The van der Waals surface area contributed by atoms with Crippen LogP contribution in [0.25, 0.3) is 0 Å². The molecule has 0 heterocycles. The molecule has 0 saturated heterocycles. The quantitative estimate of drug-likeness (QED) is 0.524. The molecule has 110 valence electrons. The SMILES string of the molecule is CC(=O)C[C@H](C)C(C(=O)OC(C)C)C(=O)OC(C)C. The maximum absolute atomic E-state index is 12.0. The minimum absolute atomic E-state index is 0.0767. The fourth-order valence-corrected chi connectivity index (χ4v) is 1.74. The third-order valence-corrected chi connectivity index (χ3v) is 2.39. The van der Waals surface area contributed by atoms with Crippen molar-refractivity contribution < 1.29 is 23.9 Å². The lowest BCUT2D eigenvalue weighted by Crippen LogP contribution is -2.36. The molecule has 1 atom stereocenters. The van der Waals surface area contributed by atoms with E-state index in [1.54, 1.807) is 34.6 Å². The van der Waals surface area contributed by atoms with Gasteiger partial charge in [-0.25, -0.2) is 0 Å². The molecule has 0 unspecified atom stereocenters. The molecule has 0 radical (unpaired) electrons. The van der Waals surface area contributed by atoms with Crippen molar-refractivity contribution in [1.29, 1.82) is 0 Å². The highest BCUT2D eigenvalue weighted by molar-refractivity contribution is 5.96. The molecule has 0 amide bonds. The van der Waals surface area contributed by atoms with Crippen molar-refractivity contribution in [3.05, 3.63) is 0 Å². The molecule has 5 nitrogen and oxygen atoms in total. The van der Waals surface area contributed by atoms with Gasteiger partial charge in [0.25, 0.3) is 0 Å². The Morgan fingerprint density at radius 2 is 1.21 bits per heavy atom. The third kappa shape index (κ3) is 6.94. The number of rotatable bonds is 7. The van der Waals surface area contributed by atoms with Crippen LogP contribution in [0.15, 0.2) is 0 Å². The van der Waals surface area contributed by atoms with E-state index in [0.717, 1.165) is 0 Å². The van der Waals surface area contributed by atoms with E-state index < -0.39 is 23.8 Å². The second kappa shape index (κ2) is 7.92. The second-order valence-corrected chi connectivity index (χ2v) is 5.33. The van der Waals surface area contributed by atoms with Gasteiger partial charge in [-0.05, 0) is 40.5 Å². The summed E-state index contributed by atoms with van der Waals surface area (Å²) in [5.74, 6) is -2.82. The van der Waals surface area contributed by atoms with E-state index in [0.29, 0.717) is 0 Å². The molecule has 0 aliphatic carbocycles. The standard InChI is InChI=1S/C14H24O5/c1-8(2)18-13(16)12(10(5)7-11(6)15)14(17)19-9(3)4/h8-10,12H,7H2,1-6H3/t10-/m0/s1. The normalized spacial score (nSPS) is 12.7. The smallest absolute Gasteiger partial charge is 0.320 e. The number of carbonyl (C=O) groups excluding carboxylic acids is 3. The van der Waals surface area contributed by atoms with Gasteiger partial charge in [0.2, 0.25) is 0 Å². The minimum Gasteiger partial charge on any atom is -0.462 e. The Morgan fingerprint density at radius 3 is 1.47 bits per heavy atom. The minimum atomic E-state index is -1.05. The summed E-state index contributed by atoms with van der Waals surface area (Å²) >= 11 is 0. The van der Waals surface area contributed by atoms with Gasteiger partial charge in [0, 0.05) is 6.42 Å². The zero-order chi connectivity index (χ0) is 15.2. The van der Waals surface area contributed by atoms with Gasteiger partial charge in [-0.2, -0.15) is 0 Å². The van der Waals surface area contributed by atoms with Crippen molar-refractivity contribution in [3.63, 3.8) is 0 Å². The maximum Gasteiger partial charge on any atom is 0.320 e. The number of carbonyl (C=O) groups is 3. The first-order chi connectivity index (χ1) is 8.65. The van der Waals surface area contributed by atoms with Crippen LogP contribution in [0.2, 0.25) is 0 Å². The lowest BCUT2D eigenvalue weighted by molar-refractivity contribution is -0.169. The van der Waals surface area contributed by atoms with Crippen LogP contribution in [-0.4, -0.2) is 29.9 Å². The Balaban J connectivity index is 4.96. The van der Waals surface area contributed by atoms with Crippen LogP contribution in [0, 0.1) is 11.8 Å². The van der Waals surface area contributed by atoms with E-state index in [1.807, 2.05) is 0 Å². The number of ketones is 1. The number of hydrogen-bond acceptors (Lipinski definition) is 5. The van der Waals surface area contributed by atoms with E-state index in [4.69, 9.17) is 9.47 Å². The summed E-state index contributed by atoms with van der Waals surface area (Å²) in [5.41, 5.74) is 0. The molecule has 5 heteroatoms. The van der Waals surface area contributed by atoms with Gasteiger partial charge in [0.05, 0.1) is 12.2 Å². The van der Waals surface area contributed by atoms with E-state index >= 15 is 0 Å².